The zero-order chi connectivity index (χ0) is 57.8. The normalized spacial score (nSPS) is 12.7. The van der Waals surface area contributed by atoms with E-state index in [9.17, 15) is 19.8 Å². The zero-order valence-corrected chi connectivity index (χ0v) is 54.1. The molecule has 6 heteroatoms. The molecule has 0 saturated carbocycles. The third kappa shape index (κ3) is 65.2. The Kier molecular flexibility index (Phi) is 67.9. The van der Waals surface area contributed by atoms with E-state index in [1.54, 1.807) is 0 Å². The van der Waals surface area contributed by atoms with Crippen LogP contribution in [0.1, 0.15) is 399 Å². The average Bonchev–Trinajstić information content (AvgIpc) is 3.46. The number of amides is 1. The highest BCUT2D eigenvalue weighted by atomic mass is 16.5. The Balaban J connectivity index is 3.43. The topological polar surface area (TPSA) is 95.9 Å². The molecule has 0 aromatic rings. The van der Waals surface area contributed by atoms with Crippen LogP contribution in [0.2, 0.25) is 0 Å². The van der Waals surface area contributed by atoms with Crippen LogP contribution in [0.3, 0.4) is 0 Å². The maximum absolute atomic E-state index is 12.6. The van der Waals surface area contributed by atoms with E-state index in [0.29, 0.717) is 25.9 Å². The predicted molar refractivity (Wildman–Crippen MR) is 352 cm³/mol. The summed E-state index contributed by atoms with van der Waals surface area (Å²) in [6.07, 6.45) is 89.1. The highest BCUT2D eigenvalue weighted by Crippen LogP contribution is 2.19. The molecule has 3 N–H and O–H groups in total. The van der Waals surface area contributed by atoms with E-state index in [4.69, 9.17) is 4.74 Å². The molecule has 80 heavy (non-hydrogen) atoms. The van der Waals surface area contributed by atoms with Gasteiger partial charge in [-0.05, 0) is 83.5 Å². The van der Waals surface area contributed by atoms with Crippen molar-refractivity contribution in [2.75, 3.05) is 13.2 Å². The summed E-state index contributed by atoms with van der Waals surface area (Å²) in [6.45, 7) is 4.97. The van der Waals surface area contributed by atoms with Crippen molar-refractivity contribution in [3.8, 4) is 0 Å². The van der Waals surface area contributed by atoms with Crippen molar-refractivity contribution in [1.29, 1.82) is 0 Å². The van der Waals surface area contributed by atoms with Crippen LogP contribution >= 0.6 is 0 Å². The molecule has 0 aromatic heterocycles. The summed E-state index contributed by atoms with van der Waals surface area (Å²) in [5.74, 6) is -0.0352. The summed E-state index contributed by atoms with van der Waals surface area (Å²) in [7, 11) is 0. The molecule has 0 aliphatic carbocycles. The maximum Gasteiger partial charge on any atom is 0.305 e. The highest BCUT2D eigenvalue weighted by molar-refractivity contribution is 5.76. The van der Waals surface area contributed by atoms with E-state index in [1.165, 1.54) is 315 Å². The first-order valence-corrected chi connectivity index (χ1v) is 36.2. The Morgan fingerprint density at radius 2 is 0.625 bits per heavy atom. The fourth-order valence-electron chi connectivity index (χ4n) is 11.4. The van der Waals surface area contributed by atoms with Crippen molar-refractivity contribution in [3.63, 3.8) is 0 Å². The molecule has 2 unspecified atom stereocenters. The van der Waals surface area contributed by atoms with E-state index in [2.05, 4.69) is 55.6 Å². The minimum absolute atomic E-state index is 0.00174. The van der Waals surface area contributed by atoms with Crippen molar-refractivity contribution in [1.82, 2.24) is 5.32 Å². The van der Waals surface area contributed by atoms with Crippen molar-refractivity contribution in [3.05, 3.63) is 36.5 Å². The molecular formula is C74H141NO5. The molecule has 0 bridgehead atoms. The first-order valence-electron chi connectivity index (χ1n) is 36.2. The molecule has 6 nitrogen and oxygen atoms in total. The standard InChI is InChI=1S/C74H141NO5/c1-3-5-7-9-11-13-15-17-19-20-21-22-26-29-32-35-39-42-46-50-54-58-62-66-72(77)71(70-76)75-73(78)67-63-59-55-51-47-43-40-36-33-30-27-24-23-25-28-31-34-37-41-45-49-53-57-61-65-69-80-74(79)68-64-60-56-52-48-44-38-18-16-14-12-10-8-6-4-2/h18,24-25,27-28,38,71-72,76-77H,3-17,19-23,26,29-37,39-70H2,1-2H3,(H,75,78)/b27-24-,28-25-,38-18-. The van der Waals surface area contributed by atoms with Gasteiger partial charge in [-0.1, -0.05) is 339 Å². The second kappa shape index (κ2) is 69.6. The van der Waals surface area contributed by atoms with Crippen LogP contribution in [0, 0.1) is 0 Å². The van der Waals surface area contributed by atoms with Gasteiger partial charge >= 0.3 is 5.97 Å². The predicted octanol–water partition coefficient (Wildman–Crippen LogP) is 23.5. The average molecular weight is 1120 g/mol. The highest BCUT2D eigenvalue weighted by Gasteiger charge is 2.20. The van der Waals surface area contributed by atoms with Crippen molar-refractivity contribution < 1.29 is 24.5 Å². The van der Waals surface area contributed by atoms with Crippen LogP contribution in [0.15, 0.2) is 36.5 Å². The number of esters is 1. The number of aliphatic hydroxyl groups is 2. The van der Waals surface area contributed by atoms with E-state index in [1.807, 2.05) is 0 Å². The number of ether oxygens (including phenoxy) is 1. The van der Waals surface area contributed by atoms with Crippen LogP contribution < -0.4 is 5.32 Å². The summed E-state index contributed by atoms with van der Waals surface area (Å²) < 4.78 is 5.48. The maximum atomic E-state index is 12.6. The summed E-state index contributed by atoms with van der Waals surface area (Å²) in [4.78, 5) is 24.6. The number of nitrogens with one attached hydrogen (secondary N) is 1. The van der Waals surface area contributed by atoms with Gasteiger partial charge in [0.1, 0.15) is 0 Å². The number of unbranched alkanes of at least 4 members (excludes halogenated alkanes) is 51. The smallest absolute Gasteiger partial charge is 0.305 e. The summed E-state index contributed by atoms with van der Waals surface area (Å²) in [5, 5.41) is 23.4. The molecule has 1 amide bonds. The molecule has 0 aromatic carbocycles. The van der Waals surface area contributed by atoms with E-state index in [-0.39, 0.29) is 18.5 Å². The lowest BCUT2D eigenvalue weighted by molar-refractivity contribution is -0.143. The molecule has 0 spiro atoms. The lowest BCUT2D eigenvalue weighted by Gasteiger charge is -2.22. The molecule has 0 fully saturated rings. The van der Waals surface area contributed by atoms with Crippen molar-refractivity contribution in [2.24, 2.45) is 0 Å². The fourth-order valence-corrected chi connectivity index (χ4v) is 11.4. The van der Waals surface area contributed by atoms with E-state index in [0.717, 1.165) is 51.4 Å². The number of carbonyl (C=O) groups excluding carboxylic acids is 2. The molecule has 0 aliphatic rings. The number of hydrogen-bond donors (Lipinski definition) is 3. The van der Waals surface area contributed by atoms with Crippen LogP contribution in [-0.2, 0) is 14.3 Å². The zero-order valence-electron chi connectivity index (χ0n) is 54.1. The molecule has 2 atom stereocenters. The fraction of sp³-hybridized carbons (Fsp3) is 0.892. The third-order valence-corrected chi connectivity index (χ3v) is 16.9. The van der Waals surface area contributed by atoms with Gasteiger partial charge in [0, 0.05) is 12.8 Å². The number of aliphatic hydroxyl groups excluding tert-OH is 2. The Hall–Kier alpha value is -1.92. The molecule has 0 aliphatic heterocycles. The lowest BCUT2D eigenvalue weighted by atomic mass is 10.0. The lowest BCUT2D eigenvalue weighted by Crippen LogP contribution is -2.45. The number of rotatable bonds is 68. The van der Waals surface area contributed by atoms with Gasteiger partial charge in [0.2, 0.25) is 5.91 Å². The minimum atomic E-state index is -0.670. The largest absolute Gasteiger partial charge is 0.466 e. The van der Waals surface area contributed by atoms with Gasteiger partial charge in [-0.15, -0.1) is 0 Å². The SMILES string of the molecule is CCCCCCCC/C=C\CCCCCCCC(=O)OCCCCCCCCCCC/C=C\C/C=C\CCCCCCCCCCCC(=O)NC(CO)C(O)CCCCCCCCCCCCCCCCCCCCCCCCC. The van der Waals surface area contributed by atoms with Gasteiger partial charge in [0.25, 0.3) is 0 Å². The van der Waals surface area contributed by atoms with E-state index < -0.39 is 12.1 Å². The first-order chi connectivity index (χ1) is 39.5. The van der Waals surface area contributed by atoms with Crippen LogP contribution in [0.5, 0.6) is 0 Å². The Morgan fingerprint density at radius 1 is 0.350 bits per heavy atom. The third-order valence-electron chi connectivity index (χ3n) is 16.9. The molecule has 0 saturated heterocycles. The molecule has 472 valence electrons. The molecule has 0 heterocycles. The number of carbonyl (C=O) groups is 2. The second-order valence-electron chi connectivity index (χ2n) is 24.9. The quantitative estimate of drug-likeness (QED) is 0.0320. The van der Waals surface area contributed by atoms with Gasteiger partial charge < -0.3 is 20.3 Å². The van der Waals surface area contributed by atoms with Crippen LogP contribution in [-0.4, -0.2) is 47.4 Å². The second-order valence-corrected chi connectivity index (χ2v) is 24.9. The number of hydrogen-bond acceptors (Lipinski definition) is 5. The van der Waals surface area contributed by atoms with Gasteiger partial charge in [0.15, 0.2) is 0 Å². The Morgan fingerprint density at radius 3 is 0.963 bits per heavy atom. The summed E-state index contributed by atoms with van der Waals surface area (Å²) in [6, 6.07) is -0.548. The van der Waals surface area contributed by atoms with Gasteiger partial charge in [-0.2, -0.15) is 0 Å². The molecule has 0 radical (unpaired) electrons. The first kappa shape index (κ1) is 78.1. The van der Waals surface area contributed by atoms with Gasteiger partial charge in [-0.3, -0.25) is 9.59 Å². The van der Waals surface area contributed by atoms with Gasteiger partial charge in [-0.25, -0.2) is 0 Å². The van der Waals surface area contributed by atoms with Crippen molar-refractivity contribution >= 4 is 11.9 Å². The van der Waals surface area contributed by atoms with Crippen LogP contribution in [0.25, 0.3) is 0 Å². The van der Waals surface area contributed by atoms with Gasteiger partial charge in [0.05, 0.1) is 25.4 Å². The Bertz CT molecular complexity index is 1300. The summed E-state index contributed by atoms with van der Waals surface area (Å²) >= 11 is 0. The number of allylic oxidation sites excluding steroid dienone is 6. The monoisotopic (exact) mass is 1120 g/mol. The minimum Gasteiger partial charge on any atom is -0.466 e. The Labute approximate surface area is 500 Å². The molecule has 0 rings (SSSR count). The molecular weight excluding hydrogens is 983 g/mol. The summed E-state index contributed by atoms with van der Waals surface area (Å²) in [5.41, 5.74) is 0. The van der Waals surface area contributed by atoms with Crippen LogP contribution in [0.4, 0.5) is 0 Å². The van der Waals surface area contributed by atoms with E-state index >= 15 is 0 Å². The van der Waals surface area contributed by atoms with Crippen molar-refractivity contribution in [2.45, 2.75) is 411 Å².